The molecule has 1 saturated heterocycles. The van der Waals surface area contributed by atoms with Gasteiger partial charge in [0.25, 0.3) is 5.91 Å². The molecule has 0 aliphatic carbocycles. The van der Waals surface area contributed by atoms with Crippen LogP contribution in [-0.4, -0.2) is 24.1 Å². The number of anilines is 2. The Morgan fingerprint density at radius 2 is 1.70 bits per heavy atom. The number of halogens is 1. The van der Waals surface area contributed by atoms with Crippen LogP contribution >= 0.6 is 23.8 Å². The van der Waals surface area contributed by atoms with Gasteiger partial charge in [0.1, 0.15) is 0 Å². The van der Waals surface area contributed by atoms with Crippen LogP contribution in [0.2, 0.25) is 5.02 Å². The number of piperidine rings is 1. The van der Waals surface area contributed by atoms with E-state index < -0.39 is 0 Å². The molecule has 1 amide bonds. The van der Waals surface area contributed by atoms with Gasteiger partial charge in [-0.3, -0.25) is 10.1 Å². The third-order valence-corrected chi connectivity index (χ3v) is 6.15. The number of thiocarbonyl (C=S) groups is 1. The van der Waals surface area contributed by atoms with Crippen molar-refractivity contribution >= 4 is 57.0 Å². The zero-order chi connectivity index (χ0) is 21.1. The monoisotopic (exact) mass is 437 g/mol. The summed E-state index contributed by atoms with van der Waals surface area (Å²) in [6, 6.07) is 19.1. The molecule has 0 bridgehead atoms. The number of nitrogens with one attached hydrogen (secondary N) is 2. The third-order valence-electron chi connectivity index (χ3n) is 5.62. The first kappa shape index (κ1) is 20.6. The summed E-state index contributed by atoms with van der Waals surface area (Å²) in [5.41, 5.74) is 2.55. The molecular weight excluding hydrogens is 414 g/mol. The van der Waals surface area contributed by atoms with Crippen LogP contribution in [0.15, 0.2) is 60.7 Å². The van der Waals surface area contributed by atoms with Crippen molar-refractivity contribution < 1.29 is 4.79 Å². The fraction of sp³-hybridized carbons (Fsp3) is 0.250. The van der Waals surface area contributed by atoms with E-state index in [9.17, 15) is 4.79 Å². The van der Waals surface area contributed by atoms with Gasteiger partial charge in [0.15, 0.2) is 5.11 Å². The van der Waals surface area contributed by atoms with Gasteiger partial charge in [0.05, 0.1) is 11.4 Å². The fourth-order valence-electron chi connectivity index (χ4n) is 3.90. The van der Waals surface area contributed by atoms with Crippen LogP contribution in [0.4, 0.5) is 11.4 Å². The highest BCUT2D eigenvalue weighted by atomic mass is 35.5. The van der Waals surface area contributed by atoms with Crippen LogP contribution in [0.25, 0.3) is 10.8 Å². The SMILES string of the molecule is CC1CCN(c2ccccc2NC(=S)NC(=O)c2cccc3c(Cl)cccc23)CC1. The normalized spacial score (nSPS) is 14.5. The lowest BCUT2D eigenvalue weighted by Crippen LogP contribution is -2.36. The highest BCUT2D eigenvalue weighted by molar-refractivity contribution is 7.80. The number of hydrogen-bond donors (Lipinski definition) is 2. The predicted molar refractivity (Wildman–Crippen MR) is 130 cm³/mol. The maximum Gasteiger partial charge on any atom is 0.258 e. The van der Waals surface area contributed by atoms with Gasteiger partial charge in [-0.2, -0.15) is 0 Å². The maximum absolute atomic E-state index is 12.9. The van der Waals surface area contributed by atoms with E-state index in [0.717, 1.165) is 41.2 Å². The molecule has 1 aliphatic rings. The van der Waals surface area contributed by atoms with E-state index in [1.807, 2.05) is 48.5 Å². The molecule has 0 saturated carbocycles. The van der Waals surface area contributed by atoms with E-state index in [1.165, 1.54) is 12.8 Å². The number of para-hydroxylation sites is 2. The van der Waals surface area contributed by atoms with Crippen molar-refractivity contribution in [2.45, 2.75) is 19.8 Å². The Bertz CT molecular complexity index is 1090. The summed E-state index contributed by atoms with van der Waals surface area (Å²) in [6.45, 7) is 4.35. The minimum atomic E-state index is -0.260. The Hall–Kier alpha value is -2.63. The number of carbonyl (C=O) groups excluding carboxylic acids is 1. The van der Waals surface area contributed by atoms with Crippen molar-refractivity contribution in [3.8, 4) is 0 Å². The van der Waals surface area contributed by atoms with E-state index in [0.29, 0.717) is 10.6 Å². The van der Waals surface area contributed by atoms with Gasteiger partial charge < -0.3 is 10.2 Å². The minimum Gasteiger partial charge on any atom is -0.370 e. The van der Waals surface area contributed by atoms with Crippen molar-refractivity contribution in [2.24, 2.45) is 5.92 Å². The molecule has 0 aromatic heterocycles. The van der Waals surface area contributed by atoms with E-state index in [-0.39, 0.29) is 11.0 Å². The van der Waals surface area contributed by atoms with E-state index in [1.54, 1.807) is 6.07 Å². The van der Waals surface area contributed by atoms with Crippen LogP contribution in [-0.2, 0) is 0 Å². The van der Waals surface area contributed by atoms with E-state index in [4.69, 9.17) is 23.8 Å². The molecule has 0 radical (unpaired) electrons. The molecule has 1 aliphatic heterocycles. The van der Waals surface area contributed by atoms with Crippen molar-refractivity contribution in [1.29, 1.82) is 0 Å². The first-order chi connectivity index (χ1) is 14.5. The second-order valence-electron chi connectivity index (χ2n) is 7.74. The summed E-state index contributed by atoms with van der Waals surface area (Å²) in [4.78, 5) is 15.3. The number of amides is 1. The van der Waals surface area contributed by atoms with Crippen molar-refractivity contribution in [2.75, 3.05) is 23.3 Å². The lowest BCUT2D eigenvalue weighted by Gasteiger charge is -2.33. The second kappa shape index (κ2) is 9.02. The average Bonchev–Trinajstić information content (AvgIpc) is 2.75. The lowest BCUT2D eigenvalue weighted by atomic mass is 9.98. The third kappa shape index (κ3) is 4.42. The van der Waals surface area contributed by atoms with Gasteiger partial charge in [0.2, 0.25) is 0 Å². The highest BCUT2D eigenvalue weighted by Gasteiger charge is 2.19. The summed E-state index contributed by atoms with van der Waals surface area (Å²) in [5, 5.41) is 8.56. The summed E-state index contributed by atoms with van der Waals surface area (Å²) in [5.74, 6) is 0.501. The Morgan fingerprint density at radius 1 is 1.00 bits per heavy atom. The fourth-order valence-corrected chi connectivity index (χ4v) is 4.34. The standard InChI is InChI=1S/C24H24ClN3OS/c1-16-12-14-28(15-13-16)22-11-3-2-10-21(22)26-24(30)27-23(29)19-8-4-7-18-17(19)6-5-9-20(18)25/h2-11,16H,12-15H2,1H3,(H2,26,27,29,30). The lowest BCUT2D eigenvalue weighted by molar-refractivity contribution is 0.0979. The summed E-state index contributed by atoms with van der Waals surface area (Å²) < 4.78 is 0. The van der Waals surface area contributed by atoms with Crippen molar-refractivity contribution in [1.82, 2.24) is 5.32 Å². The molecule has 1 heterocycles. The molecule has 30 heavy (non-hydrogen) atoms. The molecule has 1 fully saturated rings. The van der Waals surface area contributed by atoms with Crippen LogP contribution < -0.4 is 15.5 Å². The molecule has 6 heteroatoms. The average molecular weight is 438 g/mol. The first-order valence-electron chi connectivity index (χ1n) is 10.2. The minimum absolute atomic E-state index is 0.260. The summed E-state index contributed by atoms with van der Waals surface area (Å²) in [6.07, 6.45) is 2.36. The van der Waals surface area contributed by atoms with Gasteiger partial charge in [0, 0.05) is 29.1 Å². The molecule has 3 aromatic carbocycles. The van der Waals surface area contributed by atoms with Crippen molar-refractivity contribution in [3.05, 3.63) is 71.2 Å². The van der Waals surface area contributed by atoms with E-state index >= 15 is 0 Å². The van der Waals surface area contributed by atoms with Crippen molar-refractivity contribution in [3.63, 3.8) is 0 Å². The second-order valence-corrected chi connectivity index (χ2v) is 8.55. The number of hydrogen-bond acceptors (Lipinski definition) is 3. The zero-order valence-electron chi connectivity index (χ0n) is 16.8. The van der Waals surface area contributed by atoms with Gasteiger partial charge in [-0.25, -0.2) is 0 Å². The van der Waals surface area contributed by atoms with E-state index in [2.05, 4.69) is 28.5 Å². The smallest absolute Gasteiger partial charge is 0.258 e. The number of fused-ring (bicyclic) bond motifs is 1. The molecule has 0 spiro atoms. The molecule has 3 aromatic rings. The number of benzene rings is 3. The Balaban J connectivity index is 1.50. The van der Waals surface area contributed by atoms with Crippen LogP contribution in [0.5, 0.6) is 0 Å². The Morgan fingerprint density at radius 3 is 2.50 bits per heavy atom. The summed E-state index contributed by atoms with van der Waals surface area (Å²) in [7, 11) is 0. The first-order valence-corrected chi connectivity index (χ1v) is 10.9. The Kier molecular flexibility index (Phi) is 6.21. The largest absolute Gasteiger partial charge is 0.370 e. The van der Waals surface area contributed by atoms with Gasteiger partial charge in [-0.15, -0.1) is 0 Å². The van der Waals surface area contributed by atoms with Gasteiger partial charge >= 0.3 is 0 Å². The highest BCUT2D eigenvalue weighted by Crippen LogP contribution is 2.30. The Labute approximate surface area is 187 Å². The predicted octanol–water partition coefficient (Wildman–Crippen LogP) is 5.86. The van der Waals surface area contributed by atoms with Crippen LogP contribution in [0.3, 0.4) is 0 Å². The maximum atomic E-state index is 12.9. The molecule has 4 rings (SSSR count). The molecule has 2 N–H and O–H groups in total. The zero-order valence-corrected chi connectivity index (χ0v) is 18.4. The molecular formula is C24H24ClN3OS. The molecule has 0 unspecified atom stereocenters. The molecule has 4 nitrogen and oxygen atoms in total. The number of nitrogens with zero attached hydrogens (tertiary/aromatic N) is 1. The quantitative estimate of drug-likeness (QED) is 0.504. The topological polar surface area (TPSA) is 44.4 Å². The summed E-state index contributed by atoms with van der Waals surface area (Å²) >= 11 is 11.7. The van der Waals surface area contributed by atoms with Gasteiger partial charge in [-0.1, -0.05) is 54.9 Å². The number of carbonyl (C=O) groups is 1. The molecule has 154 valence electrons. The van der Waals surface area contributed by atoms with Crippen LogP contribution in [0, 0.1) is 5.92 Å². The van der Waals surface area contributed by atoms with Crippen LogP contribution in [0.1, 0.15) is 30.1 Å². The van der Waals surface area contributed by atoms with Gasteiger partial charge in [-0.05, 0) is 60.6 Å². The molecule has 0 atom stereocenters. The number of rotatable bonds is 3.